The number of rotatable bonds is 3. The lowest BCUT2D eigenvalue weighted by atomic mass is 9.83. The van der Waals surface area contributed by atoms with Gasteiger partial charge in [0.2, 0.25) is 0 Å². The highest BCUT2D eigenvalue weighted by molar-refractivity contribution is 5.79. The topological polar surface area (TPSA) is 40.7 Å². The first-order valence-corrected chi connectivity index (χ1v) is 6.93. The quantitative estimate of drug-likeness (QED) is 0.867. The predicted molar refractivity (Wildman–Crippen MR) is 74.4 cm³/mol. The second-order valence-electron chi connectivity index (χ2n) is 5.69. The highest BCUT2D eigenvalue weighted by Gasteiger charge is 2.25. The van der Waals surface area contributed by atoms with Gasteiger partial charge in [-0.3, -0.25) is 0 Å². The summed E-state index contributed by atoms with van der Waals surface area (Å²) in [6, 6.07) is 4.14. The molecule has 1 fully saturated rings. The van der Waals surface area contributed by atoms with E-state index < -0.39 is 0 Å². The maximum Gasteiger partial charge on any atom is 0.137 e. The molecule has 1 saturated carbocycles. The number of pyridine rings is 1. The normalized spacial score (nSPS) is 19.2. The van der Waals surface area contributed by atoms with Gasteiger partial charge >= 0.3 is 0 Å². The van der Waals surface area contributed by atoms with Crippen LogP contribution in [0.25, 0.3) is 11.0 Å². The minimum absolute atomic E-state index is 0.323. The zero-order valence-electron chi connectivity index (χ0n) is 11.0. The maximum atomic E-state index is 4.33. The van der Waals surface area contributed by atoms with E-state index in [1.807, 2.05) is 12.3 Å². The fourth-order valence-corrected chi connectivity index (χ4v) is 2.98. The summed E-state index contributed by atoms with van der Waals surface area (Å²) in [6.45, 7) is 3.29. The lowest BCUT2D eigenvalue weighted by molar-refractivity contribution is 0.253. The van der Waals surface area contributed by atoms with E-state index in [0.29, 0.717) is 5.54 Å². The molecular formula is C15H21N3. The van der Waals surface area contributed by atoms with E-state index in [-0.39, 0.29) is 0 Å². The number of hydrogen-bond donors (Lipinski definition) is 2. The molecule has 3 nitrogen and oxygen atoms in total. The van der Waals surface area contributed by atoms with Crippen LogP contribution in [-0.2, 0) is 6.54 Å². The Kier molecular flexibility index (Phi) is 3.08. The molecule has 0 bridgehead atoms. The molecule has 96 valence electrons. The van der Waals surface area contributed by atoms with E-state index in [9.17, 15) is 0 Å². The van der Waals surface area contributed by atoms with Gasteiger partial charge in [0.25, 0.3) is 0 Å². The molecule has 1 aliphatic carbocycles. The second-order valence-corrected chi connectivity index (χ2v) is 5.69. The second kappa shape index (κ2) is 4.73. The lowest BCUT2D eigenvalue weighted by Crippen LogP contribution is -2.43. The predicted octanol–water partition coefficient (Wildman–Crippen LogP) is 3.38. The first-order valence-electron chi connectivity index (χ1n) is 6.93. The fraction of sp³-hybridized carbons (Fsp3) is 0.533. The van der Waals surface area contributed by atoms with Crippen molar-refractivity contribution >= 4 is 11.0 Å². The number of aromatic nitrogens is 2. The Hall–Kier alpha value is -1.35. The van der Waals surface area contributed by atoms with E-state index in [1.165, 1.54) is 43.1 Å². The summed E-state index contributed by atoms with van der Waals surface area (Å²) in [5, 5.41) is 4.98. The highest BCUT2D eigenvalue weighted by Crippen LogP contribution is 2.28. The molecule has 0 aromatic carbocycles. The van der Waals surface area contributed by atoms with Gasteiger partial charge in [-0.05, 0) is 37.5 Å². The third kappa shape index (κ3) is 2.27. The van der Waals surface area contributed by atoms with Crippen LogP contribution in [0, 0.1) is 0 Å². The molecule has 0 atom stereocenters. The van der Waals surface area contributed by atoms with Gasteiger partial charge in [-0.25, -0.2) is 4.98 Å². The molecule has 2 N–H and O–H groups in total. The maximum absolute atomic E-state index is 4.33. The Morgan fingerprint density at radius 3 is 3.00 bits per heavy atom. The molecule has 18 heavy (non-hydrogen) atoms. The summed E-state index contributed by atoms with van der Waals surface area (Å²) >= 11 is 0. The molecule has 0 aliphatic heterocycles. The van der Waals surface area contributed by atoms with Crippen molar-refractivity contribution in [2.75, 3.05) is 0 Å². The van der Waals surface area contributed by atoms with E-state index in [2.05, 4.69) is 34.5 Å². The van der Waals surface area contributed by atoms with Crippen molar-refractivity contribution in [1.29, 1.82) is 0 Å². The zero-order valence-corrected chi connectivity index (χ0v) is 11.0. The number of aromatic amines is 1. The Labute approximate surface area is 108 Å². The van der Waals surface area contributed by atoms with Crippen molar-refractivity contribution in [3.05, 3.63) is 30.1 Å². The number of H-pyrrole nitrogens is 1. The van der Waals surface area contributed by atoms with Crippen molar-refractivity contribution in [3.8, 4) is 0 Å². The average molecular weight is 243 g/mol. The van der Waals surface area contributed by atoms with Gasteiger partial charge < -0.3 is 10.3 Å². The molecule has 0 radical (unpaired) electrons. The van der Waals surface area contributed by atoms with Crippen molar-refractivity contribution in [2.45, 2.75) is 51.1 Å². The molecule has 3 rings (SSSR count). The average Bonchev–Trinajstić information content (AvgIpc) is 2.81. The van der Waals surface area contributed by atoms with Crippen LogP contribution in [0.1, 0.15) is 44.6 Å². The molecule has 2 heterocycles. The fourth-order valence-electron chi connectivity index (χ4n) is 2.98. The van der Waals surface area contributed by atoms with Crippen molar-refractivity contribution < 1.29 is 0 Å². The Balaban J connectivity index is 1.73. The summed E-state index contributed by atoms with van der Waals surface area (Å²) in [4.78, 5) is 7.57. The first-order chi connectivity index (χ1) is 8.77. The van der Waals surface area contributed by atoms with Gasteiger partial charge in [-0.1, -0.05) is 19.3 Å². The third-order valence-electron chi connectivity index (χ3n) is 4.20. The Morgan fingerprint density at radius 2 is 2.17 bits per heavy atom. The first kappa shape index (κ1) is 11.7. The van der Waals surface area contributed by atoms with Crippen LogP contribution in [0.4, 0.5) is 0 Å². The van der Waals surface area contributed by atoms with E-state index >= 15 is 0 Å². The SMILES string of the molecule is CC1(NCc2c[nH]c3ncccc23)CCCCC1. The Bertz CT molecular complexity index is 523. The minimum Gasteiger partial charge on any atom is -0.346 e. The summed E-state index contributed by atoms with van der Waals surface area (Å²) in [5.74, 6) is 0. The molecule has 2 aromatic rings. The molecule has 1 aliphatic rings. The van der Waals surface area contributed by atoms with E-state index in [0.717, 1.165) is 12.2 Å². The van der Waals surface area contributed by atoms with Gasteiger partial charge in [0.15, 0.2) is 0 Å². The Morgan fingerprint density at radius 1 is 1.33 bits per heavy atom. The van der Waals surface area contributed by atoms with Crippen LogP contribution in [0.2, 0.25) is 0 Å². The van der Waals surface area contributed by atoms with Crippen molar-refractivity contribution in [1.82, 2.24) is 15.3 Å². The van der Waals surface area contributed by atoms with Crippen LogP contribution in [0.15, 0.2) is 24.5 Å². The molecule has 0 amide bonds. The summed E-state index contributed by atoms with van der Waals surface area (Å²) in [6.07, 6.45) is 10.6. The summed E-state index contributed by atoms with van der Waals surface area (Å²) in [7, 11) is 0. The van der Waals surface area contributed by atoms with Crippen LogP contribution in [-0.4, -0.2) is 15.5 Å². The van der Waals surface area contributed by atoms with Gasteiger partial charge in [0, 0.05) is 29.9 Å². The smallest absolute Gasteiger partial charge is 0.137 e. The van der Waals surface area contributed by atoms with Gasteiger partial charge in [-0.2, -0.15) is 0 Å². The minimum atomic E-state index is 0.323. The van der Waals surface area contributed by atoms with Gasteiger partial charge in [0.05, 0.1) is 0 Å². The number of fused-ring (bicyclic) bond motifs is 1. The monoisotopic (exact) mass is 243 g/mol. The van der Waals surface area contributed by atoms with Crippen LogP contribution in [0.5, 0.6) is 0 Å². The molecule has 2 aromatic heterocycles. The van der Waals surface area contributed by atoms with E-state index in [1.54, 1.807) is 0 Å². The zero-order chi connectivity index (χ0) is 12.4. The van der Waals surface area contributed by atoms with Gasteiger partial charge in [-0.15, -0.1) is 0 Å². The molecular weight excluding hydrogens is 222 g/mol. The summed E-state index contributed by atoms with van der Waals surface area (Å²) < 4.78 is 0. The number of hydrogen-bond acceptors (Lipinski definition) is 2. The van der Waals surface area contributed by atoms with Crippen LogP contribution in [0.3, 0.4) is 0 Å². The number of nitrogens with one attached hydrogen (secondary N) is 2. The molecule has 0 spiro atoms. The third-order valence-corrected chi connectivity index (χ3v) is 4.20. The molecule has 0 unspecified atom stereocenters. The van der Waals surface area contributed by atoms with E-state index in [4.69, 9.17) is 0 Å². The molecule has 3 heteroatoms. The highest BCUT2D eigenvalue weighted by atomic mass is 15.0. The number of nitrogens with zero attached hydrogens (tertiary/aromatic N) is 1. The standard InChI is InChI=1S/C15H21N3/c1-15(7-3-2-4-8-15)18-11-12-10-17-14-13(12)6-5-9-16-14/h5-6,9-10,18H,2-4,7-8,11H2,1H3,(H,16,17). The molecule has 0 saturated heterocycles. The largest absolute Gasteiger partial charge is 0.346 e. The summed E-state index contributed by atoms with van der Waals surface area (Å²) in [5.41, 5.74) is 2.64. The van der Waals surface area contributed by atoms with Crippen molar-refractivity contribution in [2.24, 2.45) is 0 Å². The van der Waals surface area contributed by atoms with Crippen LogP contribution < -0.4 is 5.32 Å². The van der Waals surface area contributed by atoms with Gasteiger partial charge in [0.1, 0.15) is 5.65 Å². The lowest BCUT2D eigenvalue weighted by Gasteiger charge is -2.34. The van der Waals surface area contributed by atoms with Crippen molar-refractivity contribution in [3.63, 3.8) is 0 Å². The van der Waals surface area contributed by atoms with Crippen LogP contribution >= 0.6 is 0 Å².